The fourth-order valence-electron chi connectivity index (χ4n) is 0.767. The van der Waals surface area contributed by atoms with Crippen LogP contribution in [-0.4, -0.2) is 21.4 Å². The first kappa shape index (κ1) is 28.8. The van der Waals surface area contributed by atoms with Crippen molar-refractivity contribution in [1.82, 2.24) is 15.7 Å². The standard InChI is InChI=1S/C8H12N2O.C5H11NO.H3N.2W/c1-8(2,3)7(11)10-5-4-9-6-10;1-5(2,3)4(6)7;;;/h4-6H,1-3H3;1-3H3,(H2,6,7);1H3;;. The van der Waals surface area contributed by atoms with Crippen LogP contribution in [0.25, 0.3) is 0 Å². The molecule has 0 unspecified atom stereocenters. The van der Waals surface area contributed by atoms with Gasteiger partial charge in [-0.2, -0.15) is 0 Å². The van der Waals surface area contributed by atoms with Gasteiger partial charge in [-0.05, 0) is 0 Å². The topological polar surface area (TPSA) is 113 Å². The summed E-state index contributed by atoms with van der Waals surface area (Å²) in [6.45, 7) is 11.0. The predicted octanol–water partition coefficient (Wildman–Crippen LogP) is 2.24. The van der Waals surface area contributed by atoms with Gasteiger partial charge in [-0.25, -0.2) is 4.98 Å². The normalized spacial score (nSPS) is 9.81. The molecular weight excluding hydrogens is 612 g/mol. The summed E-state index contributed by atoms with van der Waals surface area (Å²) in [5.41, 5.74) is 4.24. The molecule has 1 aromatic heterocycles. The molecule has 0 atom stereocenters. The third-order valence-electron chi connectivity index (χ3n) is 2.12. The van der Waals surface area contributed by atoms with Crippen LogP contribution in [0.4, 0.5) is 0 Å². The molecule has 0 bridgehead atoms. The van der Waals surface area contributed by atoms with Crippen LogP contribution in [0.1, 0.15) is 46.3 Å². The van der Waals surface area contributed by atoms with E-state index in [2.05, 4.69) is 4.98 Å². The first-order valence-electron chi connectivity index (χ1n) is 5.79. The molecule has 0 saturated heterocycles. The Hall–Kier alpha value is -0.313. The first-order chi connectivity index (χ1) is 7.96. The predicted molar refractivity (Wildman–Crippen MR) is 76.0 cm³/mol. The van der Waals surface area contributed by atoms with Crippen molar-refractivity contribution in [2.24, 2.45) is 16.6 Å². The van der Waals surface area contributed by atoms with E-state index in [0.717, 1.165) is 0 Å². The quantitative estimate of drug-likeness (QED) is 0.455. The summed E-state index contributed by atoms with van der Waals surface area (Å²) in [4.78, 5) is 25.5. The van der Waals surface area contributed by atoms with Crippen LogP contribution < -0.4 is 11.9 Å². The van der Waals surface area contributed by atoms with Crippen LogP contribution in [0.5, 0.6) is 0 Å². The van der Waals surface area contributed by atoms with Crippen LogP contribution in [0.2, 0.25) is 0 Å². The summed E-state index contributed by atoms with van der Waals surface area (Å²) in [5.74, 6) is -0.192. The van der Waals surface area contributed by atoms with E-state index >= 15 is 0 Å². The molecule has 0 aliphatic rings. The van der Waals surface area contributed by atoms with Gasteiger partial charge in [0.2, 0.25) is 11.8 Å². The number of nitrogens with zero attached hydrogens (tertiary/aromatic N) is 2. The van der Waals surface area contributed by atoms with Crippen LogP contribution in [-0.2, 0) is 46.9 Å². The average Bonchev–Trinajstić information content (AvgIpc) is 2.66. The van der Waals surface area contributed by atoms with Gasteiger partial charge in [-0.3, -0.25) is 14.2 Å². The van der Waals surface area contributed by atoms with Gasteiger partial charge in [0.1, 0.15) is 6.33 Å². The maximum Gasteiger partial charge on any atom is 0.237 e. The summed E-state index contributed by atoms with van der Waals surface area (Å²) in [5, 5.41) is 0. The van der Waals surface area contributed by atoms with Gasteiger partial charge in [0.15, 0.2) is 0 Å². The van der Waals surface area contributed by atoms with Crippen molar-refractivity contribution in [3.63, 3.8) is 0 Å². The van der Waals surface area contributed by atoms with Crippen molar-refractivity contribution in [3.05, 3.63) is 18.7 Å². The van der Waals surface area contributed by atoms with E-state index in [1.165, 1.54) is 10.9 Å². The number of primary amides is 1. The van der Waals surface area contributed by atoms with E-state index in [-0.39, 0.29) is 70.9 Å². The zero-order valence-corrected chi connectivity index (χ0v) is 19.4. The molecule has 0 aliphatic carbocycles. The van der Waals surface area contributed by atoms with Crippen molar-refractivity contribution < 1.29 is 51.7 Å². The fraction of sp³-hybridized carbons (Fsp3) is 0.615. The van der Waals surface area contributed by atoms with Crippen LogP contribution >= 0.6 is 0 Å². The third-order valence-corrected chi connectivity index (χ3v) is 2.12. The van der Waals surface area contributed by atoms with Gasteiger partial charge in [-0.15, -0.1) is 0 Å². The molecule has 0 aromatic carbocycles. The Labute approximate surface area is 155 Å². The molecule has 21 heavy (non-hydrogen) atoms. The molecule has 0 aliphatic heterocycles. The summed E-state index contributed by atoms with van der Waals surface area (Å²) in [6, 6.07) is 0. The van der Waals surface area contributed by atoms with Crippen molar-refractivity contribution in [2.45, 2.75) is 41.5 Å². The molecule has 122 valence electrons. The van der Waals surface area contributed by atoms with Crippen LogP contribution in [0.3, 0.4) is 0 Å². The Morgan fingerprint density at radius 2 is 1.38 bits per heavy atom. The van der Waals surface area contributed by atoms with Crippen molar-refractivity contribution >= 4 is 11.8 Å². The minimum atomic E-state index is -0.361. The number of hydrogen-bond acceptors (Lipinski definition) is 4. The summed E-state index contributed by atoms with van der Waals surface area (Å²) >= 11 is 0. The molecule has 1 aromatic rings. The number of aromatic nitrogens is 2. The largest absolute Gasteiger partial charge is 0.369 e. The van der Waals surface area contributed by atoms with Gasteiger partial charge in [0, 0.05) is 65.4 Å². The minimum Gasteiger partial charge on any atom is -0.369 e. The number of carbonyl (C=O) groups is 2. The molecule has 0 radical (unpaired) electrons. The third kappa shape index (κ3) is 12.0. The van der Waals surface area contributed by atoms with Crippen molar-refractivity contribution in [1.29, 1.82) is 0 Å². The molecule has 0 fully saturated rings. The Balaban J connectivity index is -0.000000130. The molecule has 8 heteroatoms. The number of amides is 1. The van der Waals surface area contributed by atoms with Gasteiger partial charge in [0.05, 0.1) is 0 Å². The molecule has 0 saturated carbocycles. The molecule has 1 amide bonds. The Bertz CT molecular complexity index is 407. The number of imidazole rings is 1. The van der Waals surface area contributed by atoms with E-state index in [1.807, 2.05) is 20.8 Å². The van der Waals surface area contributed by atoms with Gasteiger partial charge in [0.25, 0.3) is 0 Å². The molecule has 5 N–H and O–H groups in total. The zero-order chi connectivity index (χ0) is 14.6. The van der Waals surface area contributed by atoms with E-state index in [0.29, 0.717) is 0 Å². The van der Waals surface area contributed by atoms with E-state index in [4.69, 9.17) is 5.73 Å². The number of rotatable bonds is 0. The Morgan fingerprint density at radius 3 is 1.57 bits per heavy atom. The summed E-state index contributed by atoms with van der Waals surface area (Å²) in [6.07, 6.45) is 4.78. The number of hydrogen-bond donors (Lipinski definition) is 2. The minimum absolute atomic E-state index is 0. The number of carbonyl (C=O) groups excluding carboxylic acids is 2. The summed E-state index contributed by atoms with van der Waals surface area (Å²) < 4.78 is 1.50. The maximum atomic E-state index is 11.5. The maximum absolute atomic E-state index is 11.5. The second-order valence-corrected chi connectivity index (χ2v) is 6.14. The Morgan fingerprint density at radius 1 is 1.00 bits per heavy atom. The Kier molecular flexibility index (Phi) is 15.5. The van der Waals surface area contributed by atoms with Crippen molar-refractivity contribution in [2.75, 3.05) is 0 Å². The van der Waals surface area contributed by atoms with E-state index in [1.54, 1.807) is 33.2 Å². The zero-order valence-electron chi connectivity index (χ0n) is 13.5. The summed E-state index contributed by atoms with van der Waals surface area (Å²) in [7, 11) is 0. The number of nitrogens with two attached hydrogens (primary N) is 1. The van der Waals surface area contributed by atoms with E-state index in [9.17, 15) is 9.59 Å². The molecular formula is C13H26N4O2W2. The SMILES string of the molecule is CC(C)(C)C(=O)n1ccnc1.CC(C)(C)C(N)=O.N.[W].[W]. The van der Waals surface area contributed by atoms with Gasteiger partial charge < -0.3 is 11.9 Å². The molecule has 0 spiro atoms. The fourth-order valence-corrected chi connectivity index (χ4v) is 0.767. The first-order valence-corrected chi connectivity index (χ1v) is 5.79. The van der Waals surface area contributed by atoms with Gasteiger partial charge in [-0.1, -0.05) is 41.5 Å². The second kappa shape index (κ2) is 11.3. The van der Waals surface area contributed by atoms with Crippen molar-refractivity contribution in [3.8, 4) is 0 Å². The second-order valence-electron chi connectivity index (χ2n) is 6.14. The monoisotopic (exact) mass is 638 g/mol. The van der Waals surface area contributed by atoms with E-state index < -0.39 is 0 Å². The average molecular weight is 638 g/mol. The molecule has 1 rings (SSSR count). The molecule has 1 heterocycles. The smallest absolute Gasteiger partial charge is 0.237 e. The molecule has 6 nitrogen and oxygen atoms in total. The van der Waals surface area contributed by atoms with Crippen LogP contribution in [0.15, 0.2) is 18.7 Å². The van der Waals surface area contributed by atoms with Gasteiger partial charge >= 0.3 is 0 Å². The van der Waals surface area contributed by atoms with Crippen LogP contribution in [0, 0.1) is 10.8 Å².